The highest BCUT2D eigenvalue weighted by molar-refractivity contribution is 5.75. The van der Waals surface area contributed by atoms with Crippen molar-refractivity contribution in [2.75, 3.05) is 6.54 Å². The molecule has 0 fully saturated rings. The molecule has 0 bridgehead atoms. The molecule has 4 N–H and O–H groups in total. The van der Waals surface area contributed by atoms with Gasteiger partial charge in [-0.25, -0.2) is 9.78 Å². The summed E-state index contributed by atoms with van der Waals surface area (Å²) in [6.07, 6.45) is 3.16. The van der Waals surface area contributed by atoms with E-state index in [0.717, 1.165) is 0 Å². The van der Waals surface area contributed by atoms with Gasteiger partial charge < -0.3 is 20.7 Å². The summed E-state index contributed by atoms with van der Waals surface area (Å²) in [5, 5.41) is 13.4. The number of aromatic nitrogens is 2. The van der Waals surface area contributed by atoms with Crippen molar-refractivity contribution in [3.05, 3.63) is 18.2 Å². The molecule has 0 saturated carbocycles. The number of hydrogen-bond donors (Lipinski definition) is 4. The van der Waals surface area contributed by atoms with E-state index in [1.807, 2.05) is 0 Å². The average Bonchev–Trinajstić information content (AvgIpc) is 2.69. The SMILES string of the molecule is CC(NC(=O)NCCC(=O)O)c1ncc[nH]1. The zero-order chi connectivity index (χ0) is 12.0. The Morgan fingerprint density at radius 3 is 2.94 bits per heavy atom. The predicted molar refractivity (Wildman–Crippen MR) is 55.8 cm³/mol. The van der Waals surface area contributed by atoms with Gasteiger partial charge in [-0.05, 0) is 6.92 Å². The third-order valence-corrected chi connectivity index (χ3v) is 1.90. The van der Waals surface area contributed by atoms with E-state index in [0.29, 0.717) is 5.82 Å². The van der Waals surface area contributed by atoms with Crippen LogP contribution in [0.2, 0.25) is 0 Å². The van der Waals surface area contributed by atoms with E-state index < -0.39 is 12.0 Å². The minimum Gasteiger partial charge on any atom is -0.481 e. The largest absolute Gasteiger partial charge is 0.481 e. The molecule has 0 aliphatic heterocycles. The number of urea groups is 1. The maximum absolute atomic E-state index is 11.3. The lowest BCUT2D eigenvalue weighted by molar-refractivity contribution is -0.136. The van der Waals surface area contributed by atoms with E-state index >= 15 is 0 Å². The summed E-state index contributed by atoms with van der Waals surface area (Å²) in [7, 11) is 0. The van der Waals surface area contributed by atoms with Crippen LogP contribution in [0.5, 0.6) is 0 Å². The standard InChI is InChI=1S/C9H14N4O3/c1-6(8-10-4-5-11-8)13-9(16)12-3-2-7(14)15/h4-6H,2-3H2,1H3,(H,10,11)(H,14,15)(H2,12,13,16). The smallest absolute Gasteiger partial charge is 0.315 e. The first kappa shape index (κ1) is 12.0. The molecular formula is C9H14N4O3. The zero-order valence-corrected chi connectivity index (χ0v) is 8.86. The molecule has 0 saturated heterocycles. The summed E-state index contributed by atoms with van der Waals surface area (Å²) in [4.78, 5) is 28.3. The quantitative estimate of drug-likeness (QED) is 0.577. The number of H-pyrrole nitrogens is 1. The van der Waals surface area contributed by atoms with E-state index in [1.54, 1.807) is 19.3 Å². The zero-order valence-electron chi connectivity index (χ0n) is 8.86. The van der Waals surface area contributed by atoms with Gasteiger partial charge in [0, 0.05) is 18.9 Å². The van der Waals surface area contributed by atoms with E-state index in [9.17, 15) is 9.59 Å². The van der Waals surface area contributed by atoms with Crippen LogP contribution in [0, 0.1) is 0 Å². The van der Waals surface area contributed by atoms with Crippen LogP contribution in [-0.4, -0.2) is 33.6 Å². The molecule has 0 spiro atoms. The first-order valence-electron chi connectivity index (χ1n) is 4.85. The Morgan fingerprint density at radius 1 is 1.62 bits per heavy atom. The van der Waals surface area contributed by atoms with Crippen molar-refractivity contribution in [3.8, 4) is 0 Å². The van der Waals surface area contributed by atoms with Gasteiger partial charge in [0.25, 0.3) is 0 Å². The Kier molecular flexibility index (Phi) is 4.31. The van der Waals surface area contributed by atoms with Crippen LogP contribution in [-0.2, 0) is 4.79 Å². The molecule has 1 atom stereocenters. The average molecular weight is 226 g/mol. The Balaban J connectivity index is 2.26. The van der Waals surface area contributed by atoms with Crippen LogP contribution in [0.4, 0.5) is 4.79 Å². The Hall–Kier alpha value is -2.05. The molecule has 0 aliphatic carbocycles. The molecule has 1 heterocycles. The molecule has 1 aromatic heterocycles. The molecule has 7 heteroatoms. The maximum Gasteiger partial charge on any atom is 0.315 e. The first-order chi connectivity index (χ1) is 7.59. The van der Waals surface area contributed by atoms with Crippen molar-refractivity contribution in [2.24, 2.45) is 0 Å². The number of imidazole rings is 1. The Labute approximate surface area is 92.3 Å². The molecule has 7 nitrogen and oxygen atoms in total. The number of amides is 2. The number of rotatable bonds is 5. The highest BCUT2D eigenvalue weighted by Crippen LogP contribution is 2.03. The number of nitrogens with one attached hydrogen (secondary N) is 3. The first-order valence-corrected chi connectivity index (χ1v) is 4.85. The second-order valence-electron chi connectivity index (χ2n) is 3.24. The molecule has 1 aromatic rings. The van der Waals surface area contributed by atoms with E-state index in [-0.39, 0.29) is 19.0 Å². The van der Waals surface area contributed by atoms with Crippen LogP contribution in [0.1, 0.15) is 25.2 Å². The van der Waals surface area contributed by atoms with E-state index in [4.69, 9.17) is 5.11 Å². The summed E-state index contributed by atoms with van der Waals surface area (Å²) < 4.78 is 0. The summed E-state index contributed by atoms with van der Waals surface area (Å²) >= 11 is 0. The van der Waals surface area contributed by atoms with Crippen molar-refractivity contribution >= 4 is 12.0 Å². The third-order valence-electron chi connectivity index (χ3n) is 1.90. The number of carboxylic acid groups (broad SMARTS) is 1. The molecule has 1 rings (SSSR count). The molecule has 16 heavy (non-hydrogen) atoms. The van der Waals surface area contributed by atoms with Gasteiger partial charge in [-0.3, -0.25) is 4.79 Å². The second-order valence-corrected chi connectivity index (χ2v) is 3.24. The number of carboxylic acids is 1. The molecular weight excluding hydrogens is 212 g/mol. The lowest BCUT2D eigenvalue weighted by Gasteiger charge is -2.11. The van der Waals surface area contributed by atoms with E-state index in [2.05, 4.69) is 20.6 Å². The van der Waals surface area contributed by atoms with Crippen LogP contribution < -0.4 is 10.6 Å². The van der Waals surface area contributed by atoms with Crippen LogP contribution >= 0.6 is 0 Å². The topological polar surface area (TPSA) is 107 Å². The molecule has 88 valence electrons. The summed E-state index contributed by atoms with van der Waals surface area (Å²) in [6, 6.07) is -0.662. The third kappa shape index (κ3) is 3.99. The number of nitrogens with zero attached hydrogens (tertiary/aromatic N) is 1. The van der Waals surface area contributed by atoms with Gasteiger partial charge in [0.05, 0.1) is 12.5 Å². The molecule has 2 amide bonds. The van der Waals surface area contributed by atoms with Crippen molar-refractivity contribution in [2.45, 2.75) is 19.4 Å². The number of hydrogen-bond acceptors (Lipinski definition) is 3. The maximum atomic E-state index is 11.3. The van der Waals surface area contributed by atoms with Crippen molar-refractivity contribution in [1.82, 2.24) is 20.6 Å². The summed E-state index contributed by atoms with van der Waals surface area (Å²) in [5.74, 6) is -0.298. The minimum absolute atomic E-state index is 0.0947. The summed E-state index contributed by atoms with van der Waals surface area (Å²) in [5.41, 5.74) is 0. The molecule has 0 aromatic carbocycles. The minimum atomic E-state index is -0.945. The normalized spacial score (nSPS) is 11.8. The van der Waals surface area contributed by atoms with Crippen LogP contribution in [0.25, 0.3) is 0 Å². The Morgan fingerprint density at radius 2 is 2.38 bits per heavy atom. The fourth-order valence-electron chi connectivity index (χ4n) is 1.11. The van der Waals surface area contributed by atoms with Gasteiger partial charge in [-0.1, -0.05) is 0 Å². The molecule has 0 aliphatic rings. The van der Waals surface area contributed by atoms with Crippen molar-refractivity contribution in [3.63, 3.8) is 0 Å². The van der Waals surface area contributed by atoms with Gasteiger partial charge in [0.1, 0.15) is 5.82 Å². The number of carbonyl (C=O) groups is 2. The van der Waals surface area contributed by atoms with Crippen LogP contribution in [0.3, 0.4) is 0 Å². The fourth-order valence-corrected chi connectivity index (χ4v) is 1.11. The van der Waals surface area contributed by atoms with Gasteiger partial charge in [-0.2, -0.15) is 0 Å². The lowest BCUT2D eigenvalue weighted by atomic mass is 10.3. The van der Waals surface area contributed by atoms with Crippen molar-refractivity contribution < 1.29 is 14.7 Å². The molecule has 0 radical (unpaired) electrons. The number of aliphatic carboxylic acids is 1. The number of aromatic amines is 1. The van der Waals surface area contributed by atoms with Gasteiger partial charge in [0.2, 0.25) is 0 Å². The van der Waals surface area contributed by atoms with Crippen molar-refractivity contribution in [1.29, 1.82) is 0 Å². The fraction of sp³-hybridized carbons (Fsp3) is 0.444. The lowest BCUT2D eigenvalue weighted by Crippen LogP contribution is -2.38. The second kappa shape index (κ2) is 5.74. The summed E-state index contributed by atoms with van der Waals surface area (Å²) in [6.45, 7) is 1.88. The van der Waals surface area contributed by atoms with Crippen LogP contribution in [0.15, 0.2) is 12.4 Å². The highest BCUT2D eigenvalue weighted by atomic mass is 16.4. The van der Waals surface area contributed by atoms with E-state index in [1.165, 1.54) is 0 Å². The highest BCUT2D eigenvalue weighted by Gasteiger charge is 2.10. The predicted octanol–water partition coefficient (Wildman–Crippen LogP) is 0.245. The Bertz CT molecular complexity index is 350. The van der Waals surface area contributed by atoms with Gasteiger partial charge in [0.15, 0.2) is 0 Å². The number of carbonyl (C=O) groups excluding carboxylic acids is 1. The molecule has 1 unspecified atom stereocenters. The van der Waals surface area contributed by atoms with Gasteiger partial charge >= 0.3 is 12.0 Å². The monoisotopic (exact) mass is 226 g/mol. The van der Waals surface area contributed by atoms with Gasteiger partial charge in [-0.15, -0.1) is 0 Å².